The zero-order valence-corrected chi connectivity index (χ0v) is 12.8. The van der Waals surface area contributed by atoms with Crippen molar-refractivity contribution in [3.05, 3.63) is 35.9 Å². The Kier molecular flexibility index (Phi) is 5.32. The molecule has 0 saturated heterocycles. The average molecular weight is 332 g/mol. The Morgan fingerprint density at radius 3 is 2.17 bits per heavy atom. The third-order valence-electron chi connectivity index (χ3n) is 2.09. The summed E-state index contributed by atoms with van der Waals surface area (Å²) in [5.41, 5.74) is 0.416. The lowest BCUT2D eigenvalue weighted by Crippen LogP contribution is -2.28. The summed E-state index contributed by atoms with van der Waals surface area (Å²) in [5.74, 6) is 0. The predicted octanol–water partition coefficient (Wildman–Crippen LogP) is 3.37. The van der Waals surface area contributed by atoms with E-state index in [1.54, 1.807) is 30.3 Å². The number of sulfonamides is 1. The van der Waals surface area contributed by atoms with Gasteiger partial charge in [0.05, 0.1) is 0 Å². The largest absolute Gasteiger partial charge is 0.306 e. The van der Waals surface area contributed by atoms with Crippen LogP contribution in [0.2, 0.25) is 0 Å². The van der Waals surface area contributed by atoms with Gasteiger partial charge in [0.2, 0.25) is 10.0 Å². The molecule has 1 rings (SSSR count). The highest BCUT2D eigenvalue weighted by Crippen LogP contribution is 2.48. The molecule has 0 fully saturated rings. The maximum atomic E-state index is 13.3. The summed E-state index contributed by atoms with van der Waals surface area (Å²) < 4.78 is 34.7. The monoisotopic (exact) mass is 331 g/mol. The smallest absolute Gasteiger partial charge is 0.211 e. The highest BCUT2D eigenvalue weighted by atomic mass is 35.5. The van der Waals surface area contributed by atoms with Crippen LogP contribution < -0.4 is 0 Å². The Labute approximate surface area is 120 Å². The van der Waals surface area contributed by atoms with E-state index in [1.165, 1.54) is 14.1 Å². The minimum absolute atomic E-state index is 0.325. The summed E-state index contributed by atoms with van der Waals surface area (Å²) in [5, 5.41) is 0. The average Bonchev–Trinajstić information content (AvgIpc) is 2.25. The van der Waals surface area contributed by atoms with Crippen LogP contribution in [0.15, 0.2) is 30.3 Å². The fraction of sp³-hybridized carbons (Fsp3) is 0.400. The molecule has 0 radical (unpaired) electrons. The van der Waals surface area contributed by atoms with E-state index in [1.807, 2.05) is 0 Å². The summed E-state index contributed by atoms with van der Waals surface area (Å²) in [7, 11) is -0.999. The van der Waals surface area contributed by atoms with Gasteiger partial charge in [-0.25, -0.2) is 12.7 Å². The second-order valence-electron chi connectivity index (χ2n) is 3.63. The Morgan fingerprint density at radius 2 is 1.78 bits per heavy atom. The molecule has 1 atom stereocenters. The van der Waals surface area contributed by atoms with Crippen LogP contribution in [0.1, 0.15) is 10.1 Å². The van der Waals surface area contributed by atoms with Gasteiger partial charge in [0.15, 0.2) is 4.58 Å². The lowest BCUT2D eigenvalue weighted by Gasteiger charge is -2.23. The summed E-state index contributed by atoms with van der Waals surface area (Å²) in [4.78, 5) is 0. The first-order valence-electron chi connectivity index (χ1n) is 4.85. The second kappa shape index (κ2) is 5.96. The highest BCUT2D eigenvalue weighted by Gasteiger charge is 2.38. The molecule has 0 aliphatic carbocycles. The third-order valence-corrected chi connectivity index (χ3v) is 6.23. The van der Waals surface area contributed by atoms with Crippen LogP contribution in [0.25, 0.3) is 0 Å². The first-order valence-corrected chi connectivity index (χ1v) is 7.99. The first-order chi connectivity index (χ1) is 8.14. The Morgan fingerprint density at radius 1 is 1.28 bits per heavy atom. The molecule has 3 nitrogen and oxygen atoms in total. The van der Waals surface area contributed by atoms with Crippen LogP contribution in [0.5, 0.6) is 0 Å². The lowest BCUT2D eigenvalue weighted by atomic mass is 10.2. The molecule has 0 spiro atoms. The SMILES string of the molecule is CN(C)S(=O)(=O)C(SC(F)(Cl)Cl)c1ccccc1. The molecule has 0 heterocycles. The number of rotatable bonds is 5. The Hall–Kier alpha value is -0.0100. The van der Waals surface area contributed by atoms with E-state index in [2.05, 4.69) is 0 Å². The molecule has 0 amide bonds. The highest BCUT2D eigenvalue weighted by molar-refractivity contribution is 8.14. The van der Waals surface area contributed by atoms with Gasteiger partial charge in [-0.05, 0) is 5.56 Å². The number of halogens is 3. The third kappa shape index (κ3) is 4.28. The fourth-order valence-electron chi connectivity index (χ4n) is 1.22. The van der Waals surface area contributed by atoms with Crippen LogP contribution in [-0.4, -0.2) is 30.7 Å². The Bertz CT molecular complexity index is 488. The topological polar surface area (TPSA) is 37.4 Å². The van der Waals surface area contributed by atoms with Gasteiger partial charge >= 0.3 is 3.92 Å². The van der Waals surface area contributed by atoms with Crippen LogP contribution >= 0.6 is 35.0 Å². The van der Waals surface area contributed by atoms with Crippen molar-refractivity contribution in [3.8, 4) is 0 Å². The van der Waals surface area contributed by atoms with Crippen LogP contribution in [-0.2, 0) is 10.0 Å². The number of alkyl halides is 3. The van der Waals surface area contributed by atoms with Crippen molar-refractivity contribution >= 4 is 45.0 Å². The van der Waals surface area contributed by atoms with Gasteiger partial charge in [-0.3, -0.25) is 0 Å². The van der Waals surface area contributed by atoms with Gasteiger partial charge in [-0.1, -0.05) is 65.3 Å². The van der Waals surface area contributed by atoms with Gasteiger partial charge in [0.1, 0.15) is 0 Å². The number of hydrogen-bond donors (Lipinski definition) is 0. The van der Waals surface area contributed by atoms with Crippen LogP contribution in [0.4, 0.5) is 4.39 Å². The van der Waals surface area contributed by atoms with Crippen molar-refractivity contribution in [1.82, 2.24) is 4.31 Å². The van der Waals surface area contributed by atoms with Crippen LogP contribution in [0, 0.1) is 0 Å². The zero-order valence-electron chi connectivity index (χ0n) is 9.68. The van der Waals surface area contributed by atoms with E-state index in [-0.39, 0.29) is 0 Å². The molecule has 1 aromatic rings. The molecule has 0 saturated carbocycles. The van der Waals surface area contributed by atoms with E-state index in [0.717, 1.165) is 4.31 Å². The quantitative estimate of drug-likeness (QED) is 0.776. The molecule has 102 valence electrons. The first kappa shape index (κ1) is 16.0. The molecular formula is C10H12Cl2FNO2S2. The minimum Gasteiger partial charge on any atom is -0.211 e. The van der Waals surface area contributed by atoms with Gasteiger partial charge < -0.3 is 0 Å². The molecular weight excluding hydrogens is 320 g/mol. The van der Waals surface area contributed by atoms with Crippen LogP contribution in [0.3, 0.4) is 0 Å². The van der Waals surface area contributed by atoms with E-state index in [4.69, 9.17) is 23.2 Å². The van der Waals surface area contributed by atoms with E-state index >= 15 is 0 Å². The van der Waals surface area contributed by atoms with Gasteiger partial charge in [-0.2, -0.15) is 4.39 Å². The van der Waals surface area contributed by atoms with Crippen molar-refractivity contribution in [2.45, 2.75) is 8.50 Å². The van der Waals surface area contributed by atoms with E-state index in [9.17, 15) is 12.8 Å². The molecule has 0 bridgehead atoms. The van der Waals surface area contributed by atoms with Crippen molar-refractivity contribution in [2.75, 3.05) is 14.1 Å². The summed E-state index contributed by atoms with van der Waals surface area (Å²) in [6, 6.07) is 8.22. The zero-order chi connectivity index (χ0) is 14.0. The number of benzene rings is 1. The van der Waals surface area contributed by atoms with Crippen molar-refractivity contribution in [1.29, 1.82) is 0 Å². The lowest BCUT2D eigenvalue weighted by molar-refractivity contribution is 0.507. The molecule has 1 unspecified atom stereocenters. The van der Waals surface area contributed by atoms with E-state index in [0.29, 0.717) is 17.3 Å². The summed E-state index contributed by atoms with van der Waals surface area (Å²) in [6.07, 6.45) is 0. The van der Waals surface area contributed by atoms with Gasteiger partial charge in [0, 0.05) is 14.1 Å². The Balaban J connectivity index is 3.21. The van der Waals surface area contributed by atoms with Gasteiger partial charge in [0.25, 0.3) is 0 Å². The number of hydrogen-bond acceptors (Lipinski definition) is 3. The molecule has 8 heteroatoms. The fourth-order valence-corrected chi connectivity index (χ4v) is 4.90. The maximum absolute atomic E-state index is 13.3. The summed E-state index contributed by atoms with van der Waals surface area (Å²) >= 11 is 10.9. The standard InChI is InChI=1S/C10H12Cl2FNO2S2/c1-14(2)18(15,16)9(17-10(11,12)13)8-6-4-3-5-7-8/h3-7,9H,1-2H3. The normalized spacial score (nSPS) is 14.8. The van der Waals surface area contributed by atoms with E-state index < -0.39 is 18.5 Å². The minimum atomic E-state index is -3.74. The number of nitrogens with zero attached hydrogens (tertiary/aromatic N) is 1. The molecule has 18 heavy (non-hydrogen) atoms. The molecule has 1 aromatic carbocycles. The molecule has 0 aliphatic heterocycles. The molecule has 0 aromatic heterocycles. The van der Waals surface area contributed by atoms with Crippen molar-refractivity contribution in [3.63, 3.8) is 0 Å². The van der Waals surface area contributed by atoms with Crippen molar-refractivity contribution < 1.29 is 12.8 Å². The number of thioether (sulfide) groups is 1. The molecule has 0 N–H and O–H groups in total. The predicted molar refractivity (Wildman–Crippen MR) is 74.9 cm³/mol. The van der Waals surface area contributed by atoms with Gasteiger partial charge in [-0.15, -0.1) is 0 Å². The van der Waals surface area contributed by atoms with Crippen molar-refractivity contribution in [2.24, 2.45) is 0 Å². The second-order valence-corrected chi connectivity index (χ2v) is 9.12. The summed E-state index contributed by atoms with van der Waals surface area (Å²) in [6.45, 7) is 0. The molecule has 0 aliphatic rings. The maximum Gasteiger partial charge on any atom is 0.306 e.